The van der Waals surface area contributed by atoms with Crippen molar-refractivity contribution in [2.45, 2.75) is 57.5 Å². The Labute approximate surface area is 109 Å². The molecule has 1 aliphatic rings. The van der Waals surface area contributed by atoms with Crippen LogP contribution in [0.5, 0.6) is 11.5 Å². The molecule has 18 heavy (non-hydrogen) atoms. The van der Waals surface area contributed by atoms with Gasteiger partial charge in [-0.25, -0.2) is 0 Å². The van der Waals surface area contributed by atoms with Crippen LogP contribution in [0, 0.1) is 0 Å². The lowest BCUT2D eigenvalue weighted by atomic mass is 9.96. The molecule has 1 aromatic carbocycles. The maximum Gasteiger partial charge on any atom is 0.161 e. The molecule has 0 spiro atoms. The highest BCUT2D eigenvalue weighted by atomic mass is 16.3. The van der Waals surface area contributed by atoms with Crippen LogP contribution in [-0.2, 0) is 6.54 Å². The summed E-state index contributed by atoms with van der Waals surface area (Å²) in [5, 5.41) is 22.7. The first-order valence-corrected chi connectivity index (χ1v) is 7.00. The Kier molecular flexibility index (Phi) is 4.88. The van der Waals surface area contributed by atoms with Crippen molar-refractivity contribution in [1.82, 2.24) is 5.32 Å². The minimum Gasteiger partial charge on any atom is -0.504 e. The molecule has 3 heteroatoms. The highest BCUT2D eigenvalue weighted by Crippen LogP contribution is 2.28. The predicted octanol–water partition coefficient (Wildman–Crippen LogP) is 3.30. The van der Waals surface area contributed by atoms with E-state index in [0.29, 0.717) is 12.6 Å². The van der Waals surface area contributed by atoms with Gasteiger partial charge in [0.15, 0.2) is 11.5 Å². The molecule has 1 saturated carbocycles. The van der Waals surface area contributed by atoms with Crippen LogP contribution in [0.2, 0.25) is 0 Å². The Morgan fingerprint density at radius 2 is 1.67 bits per heavy atom. The van der Waals surface area contributed by atoms with Crippen LogP contribution in [-0.4, -0.2) is 16.3 Å². The molecule has 0 aromatic heterocycles. The molecule has 3 N–H and O–H groups in total. The maximum atomic E-state index is 9.74. The topological polar surface area (TPSA) is 52.5 Å². The van der Waals surface area contributed by atoms with E-state index in [1.807, 2.05) is 6.07 Å². The lowest BCUT2D eigenvalue weighted by Crippen LogP contribution is -2.29. The van der Waals surface area contributed by atoms with Gasteiger partial charge in [0.25, 0.3) is 0 Å². The van der Waals surface area contributed by atoms with Gasteiger partial charge in [-0.15, -0.1) is 0 Å². The first kappa shape index (κ1) is 13.2. The van der Waals surface area contributed by atoms with Gasteiger partial charge in [0, 0.05) is 18.2 Å². The summed E-state index contributed by atoms with van der Waals surface area (Å²) in [5.41, 5.74) is 0.775. The summed E-state index contributed by atoms with van der Waals surface area (Å²) in [6, 6.07) is 5.68. The highest BCUT2D eigenvalue weighted by Gasteiger charge is 2.12. The van der Waals surface area contributed by atoms with E-state index in [2.05, 4.69) is 5.32 Å². The second-order valence-corrected chi connectivity index (χ2v) is 5.21. The van der Waals surface area contributed by atoms with Crippen molar-refractivity contribution in [2.75, 3.05) is 0 Å². The van der Waals surface area contributed by atoms with Crippen LogP contribution in [0.1, 0.15) is 50.5 Å². The van der Waals surface area contributed by atoms with Gasteiger partial charge in [0.1, 0.15) is 0 Å². The van der Waals surface area contributed by atoms with Gasteiger partial charge in [-0.1, -0.05) is 44.2 Å². The minimum absolute atomic E-state index is 0.0100. The van der Waals surface area contributed by atoms with Crippen molar-refractivity contribution in [1.29, 1.82) is 0 Å². The van der Waals surface area contributed by atoms with Gasteiger partial charge in [0.2, 0.25) is 0 Å². The van der Waals surface area contributed by atoms with Crippen molar-refractivity contribution < 1.29 is 10.2 Å². The molecule has 0 bridgehead atoms. The molecule has 0 unspecified atom stereocenters. The lowest BCUT2D eigenvalue weighted by molar-refractivity contribution is 0.376. The van der Waals surface area contributed by atoms with Gasteiger partial charge in [-0.05, 0) is 18.9 Å². The number of hydrogen-bond acceptors (Lipinski definition) is 3. The number of para-hydroxylation sites is 1. The Hall–Kier alpha value is -1.22. The molecule has 1 aliphatic carbocycles. The molecular weight excluding hydrogens is 226 g/mol. The average Bonchev–Trinajstić information content (AvgIpc) is 2.32. The van der Waals surface area contributed by atoms with E-state index < -0.39 is 0 Å². The Bertz CT molecular complexity index is 371. The number of hydrogen-bond donors (Lipinski definition) is 3. The smallest absolute Gasteiger partial charge is 0.161 e. The second-order valence-electron chi connectivity index (χ2n) is 5.21. The van der Waals surface area contributed by atoms with Crippen molar-refractivity contribution in [3.63, 3.8) is 0 Å². The lowest BCUT2D eigenvalue weighted by Gasteiger charge is -2.21. The quantitative estimate of drug-likeness (QED) is 0.720. The van der Waals surface area contributed by atoms with E-state index in [9.17, 15) is 10.2 Å². The van der Waals surface area contributed by atoms with Crippen LogP contribution >= 0.6 is 0 Å². The Morgan fingerprint density at radius 1 is 1.00 bits per heavy atom. The van der Waals surface area contributed by atoms with Crippen molar-refractivity contribution >= 4 is 0 Å². The first-order valence-electron chi connectivity index (χ1n) is 7.00. The molecular formula is C15H23NO2. The van der Waals surface area contributed by atoms with E-state index in [1.165, 1.54) is 51.0 Å². The SMILES string of the molecule is Oc1cccc(CNC2CCCCCCC2)c1O. The summed E-state index contributed by atoms with van der Waals surface area (Å²) in [5.74, 6) is -0.0252. The van der Waals surface area contributed by atoms with Gasteiger partial charge < -0.3 is 15.5 Å². The molecule has 100 valence electrons. The Morgan fingerprint density at radius 3 is 2.39 bits per heavy atom. The third kappa shape index (κ3) is 3.64. The highest BCUT2D eigenvalue weighted by molar-refractivity contribution is 5.44. The molecule has 0 atom stereocenters. The molecule has 0 saturated heterocycles. The number of phenolic OH excluding ortho intramolecular Hbond substituents is 2. The summed E-state index contributed by atoms with van der Waals surface area (Å²) < 4.78 is 0. The van der Waals surface area contributed by atoms with Gasteiger partial charge in [-0.3, -0.25) is 0 Å². The molecule has 1 aromatic rings. The van der Waals surface area contributed by atoms with Gasteiger partial charge in [-0.2, -0.15) is 0 Å². The number of aromatic hydroxyl groups is 2. The normalized spacial score (nSPS) is 18.2. The number of rotatable bonds is 3. The Balaban J connectivity index is 1.87. The van der Waals surface area contributed by atoms with Gasteiger partial charge >= 0.3 is 0 Å². The zero-order valence-corrected chi connectivity index (χ0v) is 10.9. The van der Waals surface area contributed by atoms with E-state index in [1.54, 1.807) is 6.07 Å². The second kappa shape index (κ2) is 6.64. The predicted molar refractivity (Wildman–Crippen MR) is 72.7 cm³/mol. The van der Waals surface area contributed by atoms with Gasteiger partial charge in [0.05, 0.1) is 0 Å². The molecule has 3 nitrogen and oxygen atoms in total. The molecule has 2 rings (SSSR count). The van der Waals surface area contributed by atoms with Crippen molar-refractivity contribution in [2.24, 2.45) is 0 Å². The largest absolute Gasteiger partial charge is 0.504 e. The third-order valence-corrected chi connectivity index (χ3v) is 3.78. The molecule has 0 amide bonds. The zero-order valence-electron chi connectivity index (χ0n) is 10.9. The standard InChI is InChI=1S/C15H23NO2/c17-14-10-6-7-12(15(14)18)11-16-13-8-4-2-1-3-5-9-13/h6-7,10,13,16-18H,1-5,8-9,11H2. The van der Waals surface area contributed by atoms with Crippen LogP contribution in [0.4, 0.5) is 0 Å². The third-order valence-electron chi connectivity index (χ3n) is 3.78. The first-order chi connectivity index (χ1) is 8.77. The fourth-order valence-corrected chi connectivity index (χ4v) is 2.63. The number of nitrogens with one attached hydrogen (secondary N) is 1. The van der Waals surface area contributed by atoms with E-state index in [0.717, 1.165) is 5.56 Å². The summed E-state index contributed by atoms with van der Waals surface area (Å²) in [4.78, 5) is 0. The van der Waals surface area contributed by atoms with Crippen molar-refractivity contribution in [3.05, 3.63) is 23.8 Å². The fraction of sp³-hybridized carbons (Fsp3) is 0.600. The molecule has 0 heterocycles. The van der Waals surface area contributed by atoms with Crippen LogP contribution in [0.15, 0.2) is 18.2 Å². The summed E-state index contributed by atoms with van der Waals surface area (Å²) >= 11 is 0. The van der Waals surface area contributed by atoms with E-state index in [4.69, 9.17) is 0 Å². The van der Waals surface area contributed by atoms with E-state index in [-0.39, 0.29) is 11.5 Å². The average molecular weight is 249 g/mol. The number of benzene rings is 1. The van der Waals surface area contributed by atoms with Crippen LogP contribution in [0.3, 0.4) is 0 Å². The molecule has 1 fully saturated rings. The van der Waals surface area contributed by atoms with E-state index >= 15 is 0 Å². The zero-order chi connectivity index (χ0) is 12.8. The molecule has 0 radical (unpaired) electrons. The minimum atomic E-state index is -0.0352. The maximum absolute atomic E-state index is 9.74. The van der Waals surface area contributed by atoms with Crippen LogP contribution in [0.25, 0.3) is 0 Å². The fourth-order valence-electron chi connectivity index (χ4n) is 2.63. The summed E-state index contributed by atoms with van der Waals surface area (Å²) in [6.07, 6.45) is 9.09. The summed E-state index contributed by atoms with van der Waals surface area (Å²) in [7, 11) is 0. The van der Waals surface area contributed by atoms with Crippen LogP contribution < -0.4 is 5.32 Å². The van der Waals surface area contributed by atoms with Crippen molar-refractivity contribution in [3.8, 4) is 11.5 Å². The number of phenols is 2. The molecule has 0 aliphatic heterocycles. The summed E-state index contributed by atoms with van der Waals surface area (Å²) in [6.45, 7) is 0.630. The monoisotopic (exact) mass is 249 g/mol.